The molecule has 0 saturated carbocycles. The molecule has 0 amide bonds. The molecule has 33 heavy (non-hydrogen) atoms. The van der Waals surface area contributed by atoms with E-state index in [0.717, 1.165) is 16.7 Å². The van der Waals surface area contributed by atoms with Crippen molar-refractivity contribution in [2.24, 2.45) is 5.41 Å². The van der Waals surface area contributed by atoms with Crippen LogP contribution >= 0.6 is 0 Å². The average molecular weight is 456 g/mol. The van der Waals surface area contributed by atoms with Crippen molar-refractivity contribution >= 4 is 5.97 Å². The van der Waals surface area contributed by atoms with Crippen molar-refractivity contribution in [3.05, 3.63) is 51.3 Å². The zero-order chi connectivity index (χ0) is 24.5. The summed E-state index contributed by atoms with van der Waals surface area (Å²) in [6, 6.07) is 5.33. The fraction of sp³-hybridized carbons (Fsp3) is 0.538. The first-order valence-corrected chi connectivity index (χ1v) is 11.2. The summed E-state index contributed by atoms with van der Waals surface area (Å²) in [6.45, 7) is 14.4. The van der Waals surface area contributed by atoms with Crippen LogP contribution in [0.3, 0.4) is 0 Å². The number of nitrogens with zero attached hydrogens (tertiary/aromatic N) is 1. The van der Waals surface area contributed by atoms with E-state index >= 15 is 0 Å². The van der Waals surface area contributed by atoms with Gasteiger partial charge in [0.2, 0.25) is 0 Å². The minimum absolute atomic E-state index is 0.0433. The number of carboxylic acids is 1. The number of hydrogen-bond acceptors (Lipinski definition) is 5. The lowest BCUT2D eigenvalue weighted by Crippen LogP contribution is -2.41. The Morgan fingerprint density at radius 2 is 1.73 bits per heavy atom. The molecular formula is C26H33NO6. The summed E-state index contributed by atoms with van der Waals surface area (Å²) in [5, 5.41) is 9.51. The van der Waals surface area contributed by atoms with Crippen LogP contribution in [-0.2, 0) is 15.9 Å². The van der Waals surface area contributed by atoms with E-state index in [1.807, 2.05) is 44.4 Å². The fourth-order valence-corrected chi connectivity index (χ4v) is 4.60. The smallest absolute Gasteiger partial charge is 0.341 e. The van der Waals surface area contributed by atoms with Gasteiger partial charge in [-0.05, 0) is 57.2 Å². The van der Waals surface area contributed by atoms with Gasteiger partial charge >= 0.3 is 5.97 Å². The van der Waals surface area contributed by atoms with E-state index < -0.39 is 28.9 Å². The Morgan fingerprint density at radius 1 is 1.12 bits per heavy atom. The second kappa shape index (κ2) is 7.43. The first kappa shape index (κ1) is 23.5. The van der Waals surface area contributed by atoms with Crippen molar-refractivity contribution in [3.8, 4) is 17.0 Å². The topological polar surface area (TPSA) is 87.0 Å². The fourth-order valence-electron chi connectivity index (χ4n) is 4.60. The maximum atomic E-state index is 12.6. The molecule has 4 rings (SSSR count). The predicted molar refractivity (Wildman–Crippen MR) is 125 cm³/mol. The monoisotopic (exact) mass is 455 g/mol. The Labute approximate surface area is 194 Å². The lowest BCUT2D eigenvalue weighted by atomic mass is 9.78. The lowest BCUT2D eigenvalue weighted by molar-refractivity contribution is -0.0906. The van der Waals surface area contributed by atoms with Crippen LogP contribution in [0, 0.1) is 5.41 Å². The minimum atomic E-state index is -1.22. The molecule has 1 fully saturated rings. The normalized spacial score (nSPS) is 21.4. The number of aromatic nitrogens is 1. The molecule has 1 aromatic heterocycles. The van der Waals surface area contributed by atoms with Crippen LogP contribution in [0.4, 0.5) is 0 Å². The van der Waals surface area contributed by atoms with Gasteiger partial charge < -0.3 is 23.9 Å². The van der Waals surface area contributed by atoms with Crippen molar-refractivity contribution in [2.75, 3.05) is 7.11 Å². The van der Waals surface area contributed by atoms with Crippen molar-refractivity contribution in [2.45, 2.75) is 78.4 Å². The minimum Gasteiger partial charge on any atom is -0.496 e. The van der Waals surface area contributed by atoms with Gasteiger partial charge in [-0.25, -0.2) is 4.79 Å². The third-order valence-corrected chi connectivity index (χ3v) is 7.30. The van der Waals surface area contributed by atoms with Crippen LogP contribution < -0.4 is 10.2 Å². The molecule has 2 aliphatic rings. The van der Waals surface area contributed by atoms with Gasteiger partial charge in [0.25, 0.3) is 0 Å². The molecular weight excluding hydrogens is 422 g/mol. The van der Waals surface area contributed by atoms with Crippen LogP contribution in [0.1, 0.15) is 82.3 Å². The summed E-state index contributed by atoms with van der Waals surface area (Å²) in [7, 11) is 1.60. The Kier molecular flexibility index (Phi) is 5.30. The van der Waals surface area contributed by atoms with Crippen molar-refractivity contribution < 1.29 is 24.1 Å². The number of carbonyl (C=O) groups is 1. The van der Waals surface area contributed by atoms with Gasteiger partial charge in [-0.2, -0.15) is 0 Å². The van der Waals surface area contributed by atoms with Crippen molar-refractivity contribution in [1.29, 1.82) is 0 Å². The summed E-state index contributed by atoms with van der Waals surface area (Å²) in [6.07, 6.45) is 1.57. The summed E-state index contributed by atoms with van der Waals surface area (Å²) >= 11 is 0. The summed E-state index contributed by atoms with van der Waals surface area (Å²) < 4.78 is 20.2. The summed E-state index contributed by atoms with van der Waals surface area (Å²) in [4.78, 5) is 24.3. The Bertz CT molecular complexity index is 1170. The van der Waals surface area contributed by atoms with Gasteiger partial charge in [-0.1, -0.05) is 20.8 Å². The van der Waals surface area contributed by atoms with Crippen LogP contribution in [0.5, 0.6) is 5.75 Å². The molecule has 1 atom stereocenters. The van der Waals surface area contributed by atoms with E-state index in [9.17, 15) is 14.7 Å². The second-order valence-corrected chi connectivity index (χ2v) is 11.1. The van der Waals surface area contributed by atoms with E-state index in [-0.39, 0.29) is 17.0 Å². The lowest BCUT2D eigenvalue weighted by Gasteiger charge is -2.39. The third-order valence-electron chi connectivity index (χ3n) is 7.30. The van der Waals surface area contributed by atoms with E-state index in [1.54, 1.807) is 7.11 Å². The molecule has 2 aromatic rings. The largest absolute Gasteiger partial charge is 0.496 e. The zero-order valence-electron chi connectivity index (χ0n) is 20.6. The van der Waals surface area contributed by atoms with Gasteiger partial charge in [0.15, 0.2) is 11.7 Å². The van der Waals surface area contributed by atoms with Crippen LogP contribution in [-0.4, -0.2) is 34.0 Å². The highest BCUT2D eigenvalue weighted by Crippen LogP contribution is 2.50. The molecule has 1 aromatic carbocycles. The molecule has 1 N–H and O–H groups in total. The van der Waals surface area contributed by atoms with Gasteiger partial charge in [0.05, 0.1) is 29.6 Å². The standard InChI is InChI=1S/C26H33NO6/c1-24(2,3)21-10-14-9-16(23-32-25(4,5)26(6,7)33-23)20(31-8)11-15(14)18-12-19(28)17(22(29)30)13-27(18)21/h9,11-13,21,23H,10H2,1-8H3,(H,29,30). The predicted octanol–water partition coefficient (Wildman–Crippen LogP) is 4.97. The molecule has 0 bridgehead atoms. The number of rotatable bonds is 3. The van der Waals surface area contributed by atoms with E-state index in [2.05, 4.69) is 20.8 Å². The number of hydrogen-bond donors (Lipinski definition) is 1. The molecule has 2 aliphatic heterocycles. The number of ether oxygens (including phenoxy) is 3. The number of methoxy groups -OCH3 is 1. The maximum Gasteiger partial charge on any atom is 0.341 e. The van der Waals surface area contributed by atoms with Crippen molar-refractivity contribution in [1.82, 2.24) is 4.57 Å². The highest BCUT2D eigenvalue weighted by atomic mass is 16.7. The quantitative estimate of drug-likeness (QED) is 0.703. The first-order chi connectivity index (χ1) is 15.2. The van der Waals surface area contributed by atoms with E-state index in [1.165, 1.54) is 12.3 Å². The van der Waals surface area contributed by atoms with E-state index in [0.29, 0.717) is 17.9 Å². The van der Waals surface area contributed by atoms with Crippen LogP contribution in [0.25, 0.3) is 11.3 Å². The molecule has 0 radical (unpaired) electrons. The number of carboxylic acid groups (broad SMARTS) is 1. The van der Waals surface area contributed by atoms with Crippen LogP contribution in [0.2, 0.25) is 0 Å². The van der Waals surface area contributed by atoms with Crippen LogP contribution in [0.15, 0.2) is 29.2 Å². The molecule has 178 valence electrons. The van der Waals surface area contributed by atoms with Crippen molar-refractivity contribution in [3.63, 3.8) is 0 Å². The van der Waals surface area contributed by atoms with E-state index in [4.69, 9.17) is 14.2 Å². The highest BCUT2D eigenvalue weighted by Gasteiger charge is 2.50. The average Bonchev–Trinajstić information content (AvgIpc) is 2.91. The zero-order valence-corrected chi connectivity index (χ0v) is 20.6. The summed E-state index contributed by atoms with van der Waals surface area (Å²) in [5.74, 6) is -0.620. The van der Waals surface area contributed by atoms with Gasteiger partial charge in [-0.15, -0.1) is 0 Å². The van der Waals surface area contributed by atoms with Gasteiger partial charge in [0.1, 0.15) is 11.3 Å². The maximum absolute atomic E-state index is 12.6. The van der Waals surface area contributed by atoms with Gasteiger partial charge in [-0.3, -0.25) is 4.79 Å². The Hall–Kier alpha value is -2.64. The molecule has 7 nitrogen and oxygen atoms in total. The summed E-state index contributed by atoms with van der Waals surface area (Å²) in [5.41, 5.74) is 1.50. The third kappa shape index (κ3) is 3.77. The SMILES string of the molecule is COc1cc2c(cc1C1OC(C)(C)C(C)(C)O1)CC(C(C)(C)C)n1cc(C(=O)O)c(=O)cc1-2. The number of fused-ring (bicyclic) bond motifs is 3. The number of benzene rings is 1. The Balaban J connectivity index is 1.92. The van der Waals surface area contributed by atoms with Gasteiger partial charge in [0, 0.05) is 23.9 Å². The molecule has 1 unspecified atom stereocenters. The highest BCUT2D eigenvalue weighted by molar-refractivity contribution is 5.87. The molecule has 0 aliphatic carbocycles. The molecule has 3 heterocycles. The Morgan fingerprint density at radius 3 is 2.24 bits per heavy atom. The molecule has 0 spiro atoms. The molecule has 1 saturated heterocycles. The first-order valence-electron chi connectivity index (χ1n) is 11.2. The number of pyridine rings is 1. The second-order valence-electron chi connectivity index (χ2n) is 11.1. The number of aromatic carboxylic acids is 1. The molecule has 7 heteroatoms.